The van der Waals surface area contributed by atoms with Crippen molar-refractivity contribution in [2.75, 3.05) is 13.1 Å². The summed E-state index contributed by atoms with van der Waals surface area (Å²) in [5, 5.41) is 0. The van der Waals surface area contributed by atoms with Crippen molar-refractivity contribution in [2.45, 2.75) is 52.1 Å². The van der Waals surface area contributed by atoms with Crippen LogP contribution in [0, 0.1) is 0 Å². The van der Waals surface area contributed by atoms with Crippen LogP contribution in [0.1, 0.15) is 57.6 Å². The molecule has 0 N–H and O–H groups in total. The number of nitrogens with zero attached hydrogens (tertiary/aromatic N) is 2. The molecule has 0 radical (unpaired) electrons. The van der Waals surface area contributed by atoms with E-state index in [4.69, 9.17) is 4.74 Å². The molecule has 1 fully saturated rings. The molecule has 110 valence electrons. The monoisotopic (exact) mass is 276 g/mol. The van der Waals surface area contributed by atoms with Gasteiger partial charge in [0.25, 0.3) is 0 Å². The van der Waals surface area contributed by atoms with E-state index >= 15 is 0 Å². The van der Waals surface area contributed by atoms with Crippen LogP contribution in [0.15, 0.2) is 18.5 Å². The molecule has 1 aromatic heterocycles. The van der Waals surface area contributed by atoms with E-state index in [-0.39, 0.29) is 6.09 Å². The Morgan fingerprint density at radius 3 is 2.60 bits per heavy atom. The standard InChI is InChI=1S/C16H24N2O2/c1-11(2)13-6-7-17-8-14(13)12-9-18(10-12)15(19)20-16(3,4)5/h6-8,11-12H,9-10H2,1-5H3. The Hall–Kier alpha value is -1.58. The van der Waals surface area contributed by atoms with Crippen molar-refractivity contribution >= 4 is 6.09 Å². The van der Waals surface area contributed by atoms with Gasteiger partial charge in [0.05, 0.1) is 0 Å². The third-order valence-corrected chi connectivity index (χ3v) is 3.48. The minimum atomic E-state index is -0.431. The zero-order valence-electron chi connectivity index (χ0n) is 13.0. The van der Waals surface area contributed by atoms with E-state index < -0.39 is 5.60 Å². The van der Waals surface area contributed by atoms with Crippen LogP contribution in [-0.2, 0) is 4.74 Å². The molecule has 2 rings (SSSR count). The molecule has 4 heteroatoms. The lowest BCUT2D eigenvalue weighted by atomic mass is 9.86. The van der Waals surface area contributed by atoms with Crippen LogP contribution in [0.2, 0.25) is 0 Å². The molecular formula is C16H24N2O2. The molecular weight excluding hydrogens is 252 g/mol. The third kappa shape index (κ3) is 3.30. The fraction of sp³-hybridized carbons (Fsp3) is 0.625. The highest BCUT2D eigenvalue weighted by atomic mass is 16.6. The van der Waals surface area contributed by atoms with Crippen LogP contribution < -0.4 is 0 Å². The average molecular weight is 276 g/mol. The molecule has 1 aliphatic heterocycles. The van der Waals surface area contributed by atoms with Crippen molar-refractivity contribution < 1.29 is 9.53 Å². The van der Waals surface area contributed by atoms with Gasteiger partial charge < -0.3 is 9.64 Å². The maximum absolute atomic E-state index is 11.9. The Balaban J connectivity index is 1.99. The van der Waals surface area contributed by atoms with Crippen molar-refractivity contribution in [3.05, 3.63) is 29.6 Å². The van der Waals surface area contributed by atoms with Crippen molar-refractivity contribution in [1.82, 2.24) is 9.88 Å². The van der Waals surface area contributed by atoms with Crippen molar-refractivity contribution in [3.63, 3.8) is 0 Å². The van der Waals surface area contributed by atoms with Gasteiger partial charge in [-0.2, -0.15) is 0 Å². The summed E-state index contributed by atoms with van der Waals surface area (Å²) in [7, 11) is 0. The summed E-state index contributed by atoms with van der Waals surface area (Å²) in [5.74, 6) is 0.859. The predicted molar refractivity (Wildman–Crippen MR) is 78.9 cm³/mol. The second kappa shape index (κ2) is 5.43. The van der Waals surface area contributed by atoms with Gasteiger partial charge in [-0.15, -0.1) is 0 Å². The Kier molecular flexibility index (Phi) is 4.02. The number of hydrogen-bond acceptors (Lipinski definition) is 3. The van der Waals surface area contributed by atoms with Crippen LogP contribution in [0.3, 0.4) is 0 Å². The number of hydrogen-bond donors (Lipinski definition) is 0. The van der Waals surface area contributed by atoms with Gasteiger partial charge >= 0.3 is 6.09 Å². The molecule has 0 atom stereocenters. The van der Waals surface area contributed by atoms with Crippen LogP contribution in [0.25, 0.3) is 0 Å². The second-order valence-electron chi connectivity index (χ2n) is 6.74. The molecule has 2 heterocycles. The quantitative estimate of drug-likeness (QED) is 0.829. The van der Waals surface area contributed by atoms with Crippen LogP contribution in [0.5, 0.6) is 0 Å². The highest BCUT2D eigenvalue weighted by molar-refractivity contribution is 5.69. The Labute approximate surface area is 121 Å². The lowest BCUT2D eigenvalue weighted by molar-refractivity contribution is 0.00809. The average Bonchev–Trinajstić information content (AvgIpc) is 2.24. The van der Waals surface area contributed by atoms with Crippen LogP contribution in [0.4, 0.5) is 4.79 Å². The van der Waals surface area contributed by atoms with Crippen LogP contribution >= 0.6 is 0 Å². The summed E-state index contributed by atoms with van der Waals surface area (Å²) in [6.07, 6.45) is 3.55. The van der Waals surface area contributed by atoms with E-state index in [1.807, 2.05) is 33.2 Å². The molecule has 4 nitrogen and oxygen atoms in total. The number of carbonyl (C=O) groups excluding carboxylic acids is 1. The van der Waals surface area contributed by atoms with Crippen LogP contribution in [-0.4, -0.2) is 34.7 Å². The lowest BCUT2D eigenvalue weighted by Crippen LogP contribution is -2.50. The van der Waals surface area contributed by atoms with E-state index in [0.717, 1.165) is 13.1 Å². The van der Waals surface area contributed by atoms with Gasteiger partial charge in [-0.3, -0.25) is 4.98 Å². The molecule has 0 spiro atoms. The largest absolute Gasteiger partial charge is 0.444 e. The van der Waals surface area contributed by atoms with E-state index in [2.05, 4.69) is 24.9 Å². The number of carbonyl (C=O) groups is 1. The van der Waals surface area contributed by atoms with Gasteiger partial charge in [0, 0.05) is 31.4 Å². The molecule has 0 aliphatic carbocycles. The maximum atomic E-state index is 11.9. The van der Waals surface area contributed by atoms with Gasteiger partial charge in [0.1, 0.15) is 5.60 Å². The first kappa shape index (κ1) is 14.8. The smallest absolute Gasteiger partial charge is 0.410 e. The Morgan fingerprint density at radius 2 is 2.05 bits per heavy atom. The molecule has 0 unspecified atom stereocenters. The maximum Gasteiger partial charge on any atom is 0.410 e. The zero-order chi connectivity index (χ0) is 14.9. The molecule has 1 amide bonds. The van der Waals surface area contributed by atoms with Gasteiger partial charge in [-0.1, -0.05) is 13.8 Å². The number of pyridine rings is 1. The first-order valence-electron chi connectivity index (χ1n) is 7.19. The summed E-state index contributed by atoms with van der Waals surface area (Å²) >= 11 is 0. The predicted octanol–water partition coefficient (Wildman–Crippen LogP) is 3.54. The fourth-order valence-corrected chi connectivity index (χ4v) is 2.44. The number of ether oxygens (including phenoxy) is 1. The number of likely N-dealkylation sites (tertiary alicyclic amines) is 1. The zero-order valence-corrected chi connectivity index (χ0v) is 13.0. The molecule has 1 aromatic rings. The molecule has 20 heavy (non-hydrogen) atoms. The molecule has 1 aliphatic rings. The fourth-order valence-electron chi connectivity index (χ4n) is 2.44. The summed E-state index contributed by atoms with van der Waals surface area (Å²) in [6.45, 7) is 11.5. The first-order chi connectivity index (χ1) is 9.28. The summed E-state index contributed by atoms with van der Waals surface area (Å²) in [5.41, 5.74) is 2.16. The molecule has 1 saturated heterocycles. The van der Waals surface area contributed by atoms with E-state index in [9.17, 15) is 4.79 Å². The van der Waals surface area contributed by atoms with Crippen molar-refractivity contribution in [2.24, 2.45) is 0 Å². The van der Waals surface area contributed by atoms with E-state index in [0.29, 0.717) is 11.8 Å². The van der Waals surface area contributed by atoms with Gasteiger partial charge in [0.2, 0.25) is 0 Å². The first-order valence-corrected chi connectivity index (χ1v) is 7.19. The summed E-state index contributed by atoms with van der Waals surface area (Å²) in [6, 6.07) is 2.08. The van der Waals surface area contributed by atoms with Gasteiger partial charge in [-0.25, -0.2) is 4.79 Å². The van der Waals surface area contributed by atoms with E-state index in [1.54, 1.807) is 4.90 Å². The number of amides is 1. The SMILES string of the molecule is CC(C)c1ccncc1C1CN(C(=O)OC(C)(C)C)C1. The van der Waals surface area contributed by atoms with Gasteiger partial charge in [0.15, 0.2) is 0 Å². The molecule has 0 bridgehead atoms. The van der Waals surface area contributed by atoms with Gasteiger partial charge in [-0.05, 0) is 43.9 Å². The lowest BCUT2D eigenvalue weighted by Gasteiger charge is -2.40. The topological polar surface area (TPSA) is 42.4 Å². The number of aromatic nitrogens is 1. The molecule has 0 saturated carbocycles. The van der Waals surface area contributed by atoms with E-state index in [1.165, 1.54) is 11.1 Å². The third-order valence-electron chi connectivity index (χ3n) is 3.48. The highest BCUT2D eigenvalue weighted by Gasteiger charge is 2.35. The minimum Gasteiger partial charge on any atom is -0.444 e. The second-order valence-corrected chi connectivity index (χ2v) is 6.74. The summed E-state index contributed by atoms with van der Waals surface area (Å²) < 4.78 is 5.37. The summed E-state index contributed by atoms with van der Waals surface area (Å²) in [4.78, 5) is 17.9. The van der Waals surface area contributed by atoms with Crippen molar-refractivity contribution in [3.8, 4) is 0 Å². The minimum absolute atomic E-state index is 0.219. The Morgan fingerprint density at radius 1 is 1.40 bits per heavy atom. The van der Waals surface area contributed by atoms with Crippen molar-refractivity contribution in [1.29, 1.82) is 0 Å². The Bertz CT molecular complexity index is 485. The highest BCUT2D eigenvalue weighted by Crippen LogP contribution is 2.32. The normalized spacial score (nSPS) is 16.2. The number of rotatable bonds is 2. The molecule has 0 aromatic carbocycles.